The molecule has 0 fully saturated rings. The number of nitrogens with zero attached hydrogens (tertiary/aromatic N) is 1. The minimum absolute atomic E-state index is 0.0258. The standard InChI is InChI=1S/C15H24N2O4S/c1-11(2)10-12(15(18)17(3)4)16-22(19,20)14-9-7-6-8-13(14)21-5/h6-9,11-12,16H,10H2,1-5H3. The van der Waals surface area contributed by atoms with E-state index < -0.39 is 16.1 Å². The summed E-state index contributed by atoms with van der Waals surface area (Å²) in [5.41, 5.74) is 0. The second-order valence-electron chi connectivity index (χ2n) is 5.69. The normalized spacial score (nSPS) is 13.0. The van der Waals surface area contributed by atoms with E-state index in [0.717, 1.165) is 0 Å². The highest BCUT2D eigenvalue weighted by atomic mass is 32.2. The third kappa shape index (κ3) is 4.71. The summed E-state index contributed by atoms with van der Waals surface area (Å²) in [6.45, 7) is 3.88. The van der Waals surface area contributed by atoms with Crippen LogP contribution in [-0.4, -0.2) is 46.5 Å². The van der Waals surface area contributed by atoms with Crippen molar-refractivity contribution in [3.8, 4) is 5.75 Å². The quantitative estimate of drug-likeness (QED) is 0.822. The van der Waals surface area contributed by atoms with Crippen LogP contribution >= 0.6 is 0 Å². The van der Waals surface area contributed by atoms with Gasteiger partial charge in [0.15, 0.2) is 0 Å². The number of hydrogen-bond donors (Lipinski definition) is 1. The van der Waals surface area contributed by atoms with Gasteiger partial charge in [-0.2, -0.15) is 4.72 Å². The molecule has 0 spiro atoms. The van der Waals surface area contributed by atoms with E-state index in [-0.39, 0.29) is 22.5 Å². The summed E-state index contributed by atoms with van der Waals surface area (Å²) in [6, 6.07) is 5.52. The van der Waals surface area contributed by atoms with Crippen molar-refractivity contribution in [2.75, 3.05) is 21.2 Å². The van der Waals surface area contributed by atoms with Crippen molar-refractivity contribution in [1.82, 2.24) is 9.62 Å². The zero-order valence-electron chi connectivity index (χ0n) is 13.7. The molecule has 0 bridgehead atoms. The first-order valence-corrected chi connectivity index (χ1v) is 8.54. The van der Waals surface area contributed by atoms with Gasteiger partial charge in [0.1, 0.15) is 16.7 Å². The van der Waals surface area contributed by atoms with Gasteiger partial charge in [-0.15, -0.1) is 0 Å². The minimum Gasteiger partial charge on any atom is -0.495 e. The molecule has 22 heavy (non-hydrogen) atoms. The van der Waals surface area contributed by atoms with Gasteiger partial charge in [0.05, 0.1) is 7.11 Å². The number of carbonyl (C=O) groups excluding carboxylic acids is 1. The van der Waals surface area contributed by atoms with Crippen LogP contribution in [0.3, 0.4) is 0 Å². The Morgan fingerprint density at radius 1 is 1.27 bits per heavy atom. The highest BCUT2D eigenvalue weighted by molar-refractivity contribution is 7.89. The molecule has 7 heteroatoms. The molecule has 0 saturated heterocycles. The predicted octanol–water partition coefficient (Wildman–Crippen LogP) is 1.48. The zero-order valence-corrected chi connectivity index (χ0v) is 14.5. The lowest BCUT2D eigenvalue weighted by Gasteiger charge is -2.23. The van der Waals surface area contributed by atoms with Crippen molar-refractivity contribution >= 4 is 15.9 Å². The topological polar surface area (TPSA) is 75.7 Å². The Morgan fingerprint density at radius 3 is 2.36 bits per heavy atom. The second kappa shape index (κ2) is 7.60. The Morgan fingerprint density at radius 2 is 1.86 bits per heavy atom. The maximum Gasteiger partial charge on any atom is 0.244 e. The van der Waals surface area contributed by atoms with Crippen molar-refractivity contribution in [2.24, 2.45) is 5.92 Å². The molecule has 0 aliphatic heterocycles. The lowest BCUT2D eigenvalue weighted by atomic mass is 10.0. The summed E-state index contributed by atoms with van der Waals surface area (Å²) < 4.78 is 32.7. The number of nitrogens with one attached hydrogen (secondary N) is 1. The summed E-state index contributed by atoms with van der Waals surface area (Å²) >= 11 is 0. The van der Waals surface area contributed by atoms with Gasteiger partial charge in [0.25, 0.3) is 0 Å². The Labute approximate surface area is 132 Å². The third-order valence-corrected chi connectivity index (χ3v) is 4.61. The predicted molar refractivity (Wildman–Crippen MR) is 85.3 cm³/mol. The SMILES string of the molecule is COc1ccccc1S(=O)(=O)NC(CC(C)C)C(=O)N(C)C. The van der Waals surface area contributed by atoms with Gasteiger partial charge in [0.2, 0.25) is 15.9 Å². The molecular weight excluding hydrogens is 304 g/mol. The van der Waals surface area contributed by atoms with Crippen LogP contribution in [0, 0.1) is 5.92 Å². The fourth-order valence-corrected chi connectivity index (χ4v) is 3.45. The number of benzene rings is 1. The van der Waals surface area contributed by atoms with Gasteiger partial charge in [-0.25, -0.2) is 8.42 Å². The molecule has 124 valence electrons. The number of ether oxygens (including phenoxy) is 1. The third-order valence-electron chi connectivity index (χ3n) is 3.10. The number of sulfonamides is 1. The van der Waals surface area contributed by atoms with Crippen LogP contribution in [-0.2, 0) is 14.8 Å². The first kappa shape index (κ1) is 18.4. The molecule has 1 aromatic rings. The van der Waals surface area contributed by atoms with E-state index >= 15 is 0 Å². The van der Waals surface area contributed by atoms with Gasteiger partial charge in [-0.3, -0.25) is 4.79 Å². The smallest absolute Gasteiger partial charge is 0.244 e. The van der Waals surface area contributed by atoms with Gasteiger partial charge in [0, 0.05) is 14.1 Å². The number of likely N-dealkylation sites (N-methyl/N-ethyl adjacent to an activating group) is 1. The van der Waals surface area contributed by atoms with E-state index in [0.29, 0.717) is 6.42 Å². The van der Waals surface area contributed by atoms with Crippen molar-refractivity contribution in [1.29, 1.82) is 0 Å². The van der Waals surface area contributed by atoms with E-state index in [9.17, 15) is 13.2 Å². The lowest BCUT2D eigenvalue weighted by Crippen LogP contribution is -2.46. The average Bonchev–Trinajstić information content (AvgIpc) is 2.44. The molecule has 0 saturated carbocycles. The van der Waals surface area contributed by atoms with E-state index in [1.165, 1.54) is 18.1 Å². The second-order valence-corrected chi connectivity index (χ2v) is 7.37. The molecular formula is C15H24N2O4S. The molecule has 1 amide bonds. The molecule has 0 heterocycles. The van der Waals surface area contributed by atoms with Crippen molar-refractivity contribution in [2.45, 2.75) is 31.2 Å². The van der Waals surface area contributed by atoms with Crippen LogP contribution in [0.25, 0.3) is 0 Å². The Kier molecular flexibility index (Phi) is 6.37. The molecule has 1 rings (SSSR count). The maximum atomic E-state index is 12.6. The summed E-state index contributed by atoms with van der Waals surface area (Å²) in [7, 11) is 0.767. The fraction of sp³-hybridized carbons (Fsp3) is 0.533. The number of methoxy groups -OCH3 is 1. The Bertz CT molecular complexity index is 612. The molecule has 0 aromatic heterocycles. The van der Waals surface area contributed by atoms with E-state index in [2.05, 4.69) is 4.72 Å². The lowest BCUT2D eigenvalue weighted by molar-refractivity contribution is -0.130. The van der Waals surface area contributed by atoms with Gasteiger partial charge < -0.3 is 9.64 Å². The molecule has 6 nitrogen and oxygen atoms in total. The Hall–Kier alpha value is -1.60. The van der Waals surface area contributed by atoms with Crippen LogP contribution in [0.5, 0.6) is 5.75 Å². The number of amides is 1. The zero-order chi connectivity index (χ0) is 16.9. The Balaban J connectivity index is 3.12. The van der Waals surface area contributed by atoms with Crippen molar-refractivity contribution in [3.63, 3.8) is 0 Å². The molecule has 1 atom stereocenters. The van der Waals surface area contributed by atoms with Crippen LogP contribution in [0.15, 0.2) is 29.2 Å². The summed E-state index contributed by atoms with van der Waals surface area (Å²) in [5, 5.41) is 0. The minimum atomic E-state index is -3.85. The van der Waals surface area contributed by atoms with Crippen LogP contribution in [0.1, 0.15) is 20.3 Å². The van der Waals surface area contributed by atoms with Crippen molar-refractivity contribution < 1.29 is 17.9 Å². The molecule has 1 N–H and O–H groups in total. The number of hydrogen-bond acceptors (Lipinski definition) is 4. The average molecular weight is 328 g/mol. The van der Waals surface area contributed by atoms with E-state index in [1.807, 2.05) is 13.8 Å². The van der Waals surface area contributed by atoms with Gasteiger partial charge >= 0.3 is 0 Å². The van der Waals surface area contributed by atoms with Crippen LogP contribution < -0.4 is 9.46 Å². The first-order chi connectivity index (χ1) is 10.2. The first-order valence-electron chi connectivity index (χ1n) is 7.05. The summed E-state index contributed by atoms with van der Waals surface area (Å²) in [5.74, 6) is 0.150. The van der Waals surface area contributed by atoms with E-state index in [4.69, 9.17) is 4.74 Å². The van der Waals surface area contributed by atoms with E-state index in [1.54, 1.807) is 32.3 Å². The number of rotatable bonds is 7. The maximum absolute atomic E-state index is 12.6. The van der Waals surface area contributed by atoms with Crippen LogP contribution in [0.2, 0.25) is 0 Å². The summed E-state index contributed by atoms with van der Waals surface area (Å²) in [6.07, 6.45) is 0.422. The number of para-hydroxylation sites is 1. The molecule has 0 aliphatic rings. The largest absolute Gasteiger partial charge is 0.495 e. The molecule has 0 radical (unpaired) electrons. The van der Waals surface area contributed by atoms with Crippen LogP contribution in [0.4, 0.5) is 0 Å². The fourth-order valence-electron chi connectivity index (χ4n) is 2.07. The monoisotopic (exact) mass is 328 g/mol. The molecule has 1 unspecified atom stereocenters. The molecule has 1 aromatic carbocycles. The number of carbonyl (C=O) groups is 1. The van der Waals surface area contributed by atoms with Gasteiger partial charge in [-0.1, -0.05) is 26.0 Å². The van der Waals surface area contributed by atoms with Gasteiger partial charge in [-0.05, 0) is 24.5 Å². The highest BCUT2D eigenvalue weighted by Gasteiger charge is 2.29. The van der Waals surface area contributed by atoms with Crippen molar-refractivity contribution in [3.05, 3.63) is 24.3 Å². The summed E-state index contributed by atoms with van der Waals surface area (Å²) in [4.78, 5) is 13.6. The highest BCUT2D eigenvalue weighted by Crippen LogP contribution is 2.23. The molecule has 0 aliphatic carbocycles.